The van der Waals surface area contributed by atoms with E-state index in [1.54, 1.807) is 36.5 Å². The summed E-state index contributed by atoms with van der Waals surface area (Å²) in [6.07, 6.45) is 8.82. The number of nitrogens with zero attached hydrogens (tertiary/aromatic N) is 5. The van der Waals surface area contributed by atoms with Gasteiger partial charge in [-0.2, -0.15) is 5.10 Å². The number of benzene rings is 1. The minimum atomic E-state index is -0.622. The van der Waals surface area contributed by atoms with E-state index in [1.807, 2.05) is 0 Å². The number of anilines is 1. The number of rotatable bonds is 5. The van der Waals surface area contributed by atoms with Gasteiger partial charge in [-0.3, -0.25) is 19.9 Å². The molecule has 39 heavy (non-hydrogen) atoms. The predicted molar refractivity (Wildman–Crippen MR) is 141 cm³/mol. The highest BCUT2D eigenvalue weighted by atomic mass is 19.1. The van der Waals surface area contributed by atoms with E-state index in [0.29, 0.717) is 39.1 Å². The molecule has 1 fully saturated rings. The van der Waals surface area contributed by atoms with E-state index < -0.39 is 5.82 Å². The zero-order valence-electron chi connectivity index (χ0n) is 20.4. The van der Waals surface area contributed by atoms with E-state index in [4.69, 9.17) is 0 Å². The third-order valence-corrected chi connectivity index (χ3v) is 7.08. The Morgan fingerprint density at radius 3 is 2.69 bits per heavy atom. The van der Waals surface area contributed by atoms with Crippen molar-refractivity contribution < 1.29 is 13.6 Å². The van der Waals surface area contributed by atoms with Gasteiger partial charge < -0.3 is 10.3 Å². The molecule has 1 saturated carbocycles. The molecule has 1 aliphatic carbocycles. The van der Waals surface area contributed by atoms with Crippen LogP contribution in [0.5, 0.6) is 0 Å². The number of imidazole rings is 1. The maximum Gasteiger partial charge on any atom is 0.227 e. The molecule has 5 heterocycles. The van der Waals surface area contributed by atoms with Gasteiger partial charge in [0, 0.05) is 35.0 Å². The standard InChI is InChI=1S/C28H20F2N8O/c29-19-7-2-1-6-17(19)18-8-9-32-26-24(18)35-27(36-26)25-21-20(37-38-25)13-33-23(22(21)30)15-10-16(12-31-11-15)34-28(39)14-4-3-5-14/h1-2,6-14H,3-5H2,(H,34,39)(H,37,38)(H,32,35,36). The Hall–Kier alpha value is -5.06. The number of amides is 1. The van der Waals surface area contributed by atoms with E-state index in [2.05, 4.69) is 40.4 Å². The van der Waals surface area contributed by atoms with E-state index in [-0.39, 0.29) is 40.2 Å². The summed E-state index contributed by atoms with van der Waals surface area (Å²) < 4.78 is 30.6. The van der Waals surface area contributed by atoms with Crippen LogP contribution in [0.4, 0.5) is 14.5 Å². The van der Waals surface area contributed by atoms with Crippen LogP contribution >= 0.6 is 0 Å². The lowest BCUT2D eigenvalue weighted by atomic mass is 9.85. The minimum Gasteiger partial charge on any atom is -0.335 e. The maximum absolute atomic E-state index is 16.0. The van der Waals surface area contributed by atoms with Crippen molar-refractivity contribution in [2.24, 2.45) is 5.92 Å². The minimum absolute atomic E-state index is 0.00514. The third kappa shape index (κ3) is 3.90. The molecule has 1 aliphatic rings. The van der Waals surface area contributed by atoms with Gasteiger partial charge in [0.2, 0.25) is 5.91 Å². The predicted octanol–water partition coefficient (Wildman–Crippen LogP) is 5.64. The lowest BCUT2D eigenvalue weighted by Crippen LogP contribution is -2.28. The molecular weight excluding hydrogens is 502 g/mol. The van der Waals surface area contributed by atoms with Crippen LogP contribution in [-0.4, -0.2) is 41.0 Å². The van der Waals surface area contributed by atoms with E-state index in [0.717, 1.165) is 19.3 Å². The molecule has 0 atom stereocenters. The van der Waals surface area contributed by atoms with Crippen LogP contribution in [-0.2, 0) is 4.79 Å². The van der Waals surface area contributed by atoms with Crippen LogP contribution < -0.4 is 5.32 Å². The van der Waals surface area contributed by atoms with Crippen LogP contribution in [0, 0.1) is 17.6 Å². The Balaban J connectivity index is 1.30. The lowest BCUT2D eigenvalue weighted by molar-refractivity contribution is -0.122. The number of pyridine rings is 3. The van der Waals surface area contributed by atoms with Crippen LogP contribution in [0.3, 0.4) is 0 Å². The molecule has 9 nitrogen and oxygen atoms in total. The van der Waals surface area contributed by atoms with Crippen molar-refractivity contribution in [3.05, 3.63) is 72.8 Å². The highest BCUT2D eigenvalue weighted by Crippen LogP contribution is 2.35. The molecule has 1 aromatic carbocycles. The van der Waals surface area contributed by atoms with Gasteiger partial charge in [0.1, 0.15) is 17.2 Å². The molecule has 3 N–H and O–H groups in total. The average Bonchev–Trinajstić information content (AvgIpc) is 3.53. The fourth-order valence-electron chi connectivity index (χ4n) is 4.83. The number of halogens is 2. The Morgan fingerprint density at radius 2 is 1.87 bits per heavy atom. The summed E-state index contributed by atoms with van der Waals surface area (Å²) in [6.45, 7) is 0. The second-order valence-corrected chi connectivity index (χ2v) is 9.48. The number of H-pyrrole nitrogens is 2. The average molecular weight is 523 g/mol. The van der Waals surface area contributed by atoms with Crippen molar-refractivity contribution >= 4 is 33.7 Å². The molecule has 192 valence electrons. The summed E-state index contributed by atoms with van der Waals surface area (Å²) in [5.41, 5.74) is 3.34. The Morgan fingerprint density at radius 1 is 1.00 bits per heavy atom. The third-order valence-electron chi connectivity index (χ3n) is 7.08. The molecule has 0 bridgehead atoms. The second-order valence-electron chi connectivity index (χ2n) is 9.48. The summed E-state index contributed by atoms with van der Waals surface area (Å²) in [5, 5.41) is 10.1. The highest BCUT2D eigenvalue weighted by Gasteiger charge is 2.26. The monoisotopic (exact) mass is 522 g/mol. The quantitative estimate of drug-likeness (QED) is 0.269. The first-order valence-electron chi connectivity index (χ1n) is 12.5. The van der Waals surface area contributed by atoms with Gasteiger partial charge in [-0.1, -0.05) is 24.6 Å². The van der Waals surface area contributed by atoms with Crippen molar-refractivity contribution in [3.8, 4) is 33.9 Å². The fourth-order valence-corrected chi connectivity index (χ4v) is 4.83. The molecule has 1 amide bonds. The second kappa shape index (κ2) is 9.05. The first-order valence-corrected chi connectivity index (χ1v) is 12.5. The van der Waals surface area contributed by atoms with Crippen molar-refractivity contribution in [1.82, 2.24) is 35.1 Å². The highest BCUT2D eigenvalue weighted by molar-refractivity contribution is 5.97. The molecular formula is C28H20F2N8O. The number of carbonyl (C=O) groups is 1. The molecule has 11 heteroatoms. The number of hydrogen-bond acceptors (Lipinski definition) is 6. The first kappa shape index (κ1) is 23.1. The van der Waals surface area contributed by atoms with E-state index in [1.165, 1.54) is 24.7 Å². The Labute approximate surface area is 219 Å². The number of aromatic amines is 2. The van der Waals surface area contributed by atoms with Crippen molar-refractivity contribution in [2.45, 2.75) is 19.3 Å². The van der Waals surface area contributed by atoms with Crippen LogP contribution in [0.1, 0.15) is 19.3 Å². The number of hydrogen-bond donors (Lipinski definition) is 3. The van der Waals surface area contributed by atoms with Gasteiger partial charge >= 0.3 is 0 Å². The Bertz CT molecular complexity index is 1890. The summed E-state index contributed by atoms with van der Waals surface area (Å²) in [5.74, 6) is -0.792. The Kier molecular flexibility index (Phi) is 5.36. The van der Waals surface area contributed by atoms with Gasteiger partial charge in [-0.05, 0) is 31.0 Å². The van der Waals surface area contributed by atoms with E-state index >= 15 is 4.39 Å². The molecule has 0 saturated heterocycles. The van der Waals surface area contributed by atoms with Crippen molar-refractivity contribution in [3.63, 3.8) is 0 Å². The van der Waals surface area contributed by atoms with Gasteiger partial charge in [0.05, 0.1) is 34.5 Å². The summed E-state index contributed by atoms with van der Waals surface area (Å²) in [4.78, 5) is 32.8. The van der Waals surface area contributed by atoms with Crippen LogP contribution in [0.2, 0.25) is 0 Å². The molecule has 0 aliphatic heterocycles. The van der Waals surface area contributed by atoms with Gasteiger partial charge in [-0.25, -0.2) is 18.7 Å². The van der Waals surface area contributed by atoms with Crippen molar-refractivity contribution in [1.29, 1.82) is 0 Å². The molecule has 0 unspecified atom stereocenters. The number of carbonyl (C=O) groups excluding carboxylic acids is 1. The zero-order chi connectivity index (χ0) is 26.5. The number of fused-ring (bicyclic) bond motifs is 2. The molecule has 7 rings (SSSR count). The maximum atomic E-state index is 16.0. The van der Waals surface area contributed by atoms with Crippen LogP contribution in [0.25, 0.3) is 56.0 Å². The fraction of sp³-hybridized carbons (Fsp3) is 0.143. The van der Waals surface area contributed by atoms with Gasteiger partial charge in [0.15, 0.2) is 17.3 Å². The van der Waals surface area contributed by atoms with Gasteiger partial charge in [-0.15, -0.1) is 0 Å². The van der Waals surface area contributed by atoms with Gasteiger partial charge in [0.25, 0.3) is 0 Å². The lowest BCUT2D eigenvalue weighted by Gasteiger charge is -2.24. The zero-order valence-corrected chi connectivity index (χ0v) is 20.4. The number of aromatic nitrogens is 7. The SMILES string of the molecule is O=C(Nc1cncc(-c2ncc3[nH]nc(-c4nc5nccc(-c6ccccc6F)c5[nH]4)c3c2F)c1)C1CCC1. The molecule has 6 aromatic rings. The summed E-state index contributed by atoms with van der Waals surface area (Å²) in [6, 6.07) is 9.75. The summed E-state index contributed by atoms with van der Waals surface area (Å²) in [7, 11) is 0. The topological polar surface area (TPSA) is 125 Å². The largest absolute Gasteiger partial charge is 0.335 e. The normalized spacial score (nSPS) is 13.6. The van der Waals surface area contributed by atoms with Crippen molar-refractivity contribution in [2.75, 3.05) is 5.32 Å². The number of nitrogens with one attached hydrogen (secondary N) is 3. The summed E-state index contributed by atoms with van der Waals surface area (Å²) >= 11 is 0. The molecule has 5 aromatic heterocycles. The van der Waals surface area contributed by atoms with E-state index in [9.17, 15) is 9.18 Å². The molecule has 0 radical (unpaired) electrons. The smallest absolute Gasteiger partial charge is 0.227 e. The first-order chi connectivity index (χ1) is 19.1. The molecule has 0 spiro atoms. The van der Waals surface area contributed by atoms with Crippen LogP contribution in [0.15, 0.2) is 61.2 Å².